The first kappa shape index (κ1) is 6.55. The van der Waals surface area contributed by atoms with Gasteiger partial charge in [0, 0.05) is 13.2 Å². The van der Waals surface area contributed by atoms with Crippen molar-refractivity contribution in [3.05, 3.63) is 11.9 Å². The molecule has 0 N–H and O–H groups in total. The van der Waals surface area contributed by atoms with Crippen LogP contribution >= 0.6 is 11.6 Å². The summed E-state index contributed by atoms with van der Waals surface area (Å²) in [5.41, 5.74) is 0.819. The van der Waals surface area contributed by atoms with Gasteiger partial charge >= 0.3 is 0 Å². The highest BCUT2D eigenvalue weighted by atomic mass is 35.5. The minimum atomic E-state index is -0.0429. The van der Waals surface area contributed by atoms with E-state index in [0.717, 1.165) is 5.69 Å². The Morgan fingerprint density at radius 1 is 1.78 bits per heavy atom. The van der Waals surface area contributed by atoms with Gasteiger partial charge in [-0.05, 0) is 6.92 Å². The Morgan fingerprint density at radius 2 is 2.44 bits per heavy atom. The van der Waals surface area contributed by atoms with E-state index < -0.39 is 0 Å². The molecule has 1 atom stereocenters. The topological polar surface area (TPSA) is 30.7 Å². The molecule has 50 valence electrons. The van der Waals surface area contributed by atoms with Crippen molar-refractivity contribution in [2.24, 2.45) is 7.05 Å². The van der Waals surface area contributed by atoms with E-state index in [1.54, 1.807) is 10.9 Å². The van der Waals surface area contributed by atoms with Crippen LogP contribution in [0.4, 0.5) is 0 Å². The summed E-state index contributed by atoms with van der Waals surface area (Å²) >= 11 is 5.70. The van der Waals surface area contributed by atoms with Crippen LogP contribution in [0.5, 0.6) is 0 Å². The van der Waals surface area contributed by atoms with E-state index in [2.05, 4.69) is 10.3 Å². The first-order valence-corrected chi connectivity index (χ1v) is 3.14. The molecule has 0 bridgehead atoms. The number of nitrogens with zero attached hydrogens (tertiary/aromatic N) is 3. The predicted octanol–water partition coefficient (Wildman–Crippen LogP) is 1.11. The molecule has 0 radical (unpaired) electrons. The lowest BCUT2D eigenvalue weighted by Gasteiger charge is -1.90. The van der Waals surface area contributed by atoms with Crippen LogP contribution in [0.15, 0.2) is 6.20 Å². The summed E-state index contributed by atoms with van der Waals surface area (Å²) in [4.78, 5) is 0. The number of hydrogen-bond acceptors (Lipinski definition) is 2. The molecule has 0 aliphatic carbocycles. The fourth-order valence-corrected chi connectivity index (χ4v) is 0.647. The number of halogens is 1. The molecule has 0 saturated carbocycles. The Labute approximate surface area is 58.6 Å². The van der Waals surface area contributed by atoms with E-state index in [0.29, 0.717) is 0 Å². The molecule has 1 heterocycles. The maximum Gasteiger partial charge on any atom is 0.100 e. The molecule has 0 fully saturated rings. The second-order valence-corrected chi connectivity index (χ2v) is 2.59. The Bertz CT molecular complexity index is 194. The Hall–Kier alpha value is -0.570. The van der Waals surface area contributed by atoms with Gasteiger partial charge in [-0.25, -0.2) is 0 Å². The van der Waals surface area contributed by atoms with Gasteiger partial charge in [0.25, 0.3) is 0 Å². The van der Waals surface area contributed by atoms with Crippen molar-refractivity contribution in [3.63, 3.8) is 0 Å². The number of rotatable bonds is 1. The number of alkyl halides is 1. The van der Waals surface area contributed by atoms with Gasteiger partial charge in [-0.1, -0.05) is 5.21 Å². The molecule has 1 unspecified atom stereocenters. The van der Waals surface area contributed by atoms with Crippen molar-refractivity contribution < 1.29 is 0 Å². The van der Waals surface area contributed by atoms with Crippen LogP contribution in [0.3, 0.4) is 0 Å². The Morgan fingerprint density at radius 3 is 2.67 bits per heavy atom. The van der Waals surface area contributed by atoms with Gasteiger partial charge in [0.1, 0.15) is 5.69 Å². The van der Waals surface area contributed by atoms with Crippen molar-refractivity contribution in [2.75, 3.05) is 0 Å². The molecule has 1 rings (SSSR count). The molecule has 1 aromatic rings. The minimum Gasteiger partial charge on any atom is -0.255 e. The van der Waals surface area contributed by atoms with Gasteiger partial charge in [-0.15, -0.1) is 16.7 Å². The van der Waals surface area contributed by atoms with Crippen LogP contribution < -0.4 is 0 Å². The second-order valence-electron chi connectivity index (χ2n) is 1.93. The van der Waals surface area contributed by atoms with Gasteiger partial charge in [-0.2, -0.15) is 0 Å². The van der Waals surface area contributed by atoms with E-state index in [9.17, 15) is 0 Å². The quantitative estimate of drug-likeness (QED) is 0.555. The fraction of sp³-hybridized carbons (Fsp3) is 0.600. The monoisotopic (exact) mass is 145 g/mol. The van der Waals surface area contributed by atoms with E-state index in [-0.39, 0.29) is 5.38 Å². The van der Waals surface area contributed by atoms with Gasteiger partial charge in [0.05, 0.1) is 5.38 Å². The summed E-state index contributed by atoms with van der Waals surface area (Å²) in [7, 11) is 1.82. The molecule has 0 amide bonds. The molecule has 1 aromatic heterocycles. The highest BCUT2D eigenvalue weighted by molar-refractivity contribution is 6.20. The van der Waals surface area contributed by atoms with Gasteiger partial charge in [0.15, 0.2) is 0 Å². The lowest BCUT2D eigenvalue weighted by atomic mass is 10.4. The molecule has 0 aliphatic heterocycles. The van der Waals surface area contributed by atoms with Crippen LogP contribution in [0.25, 0.3) is 0 Å². The molecule has 0 aromatic carbocycles. The lowest BCUT2D eigenvalue weighted by Crippen LogP contribution is -1.85. The maximum atomic E-state index is 5.70. The molecule has 0 saturated heterocycles. The Balaban J connectivity index is 2.85. The molecule has 9 heavy (non-hydrogen) atoms. The zero-order chi connectivity index (χ0) is 6.85. The van der Waals surface area contributed by atoms with Gasteiger partial charge in [-0.3, -0.25) is 4.68 Å². The number of hydrogen-bond donors (Lipinski definition) is 0. The molecular formula is C5H8ClN3. The van der Waals surface area contributed by atoms with Crippen LogP contribution in [-0.2, 0) is 7.05 Å². The lowest BCUT2D eigenvalue weighted by molar-refractivity contribution is 0.713. The van der Waals surface area contributed by atoms with Crippen LogP contribution in [0, 0.1) is 0 Å². The molecule has 3 nitrogen and oxygen atoms in total. The van der Waals surface area contributed by atoms with Crippen LogP contribution in [0.2, 0.25) is 0 Å². The second kappa shape index (κ2) is 2.35. The summed E-state index contributed by atoms with van der Waals surface area (Å²) in [5, 5.41) is 7.47. The third kappa shape index (κ3) is 1.42. The number of aryl methyl sites for hydroxylation is 1. The van der Waals surface area contributed by atoms with Crippen molar-refractivity contribution >= 4 is 11.6 Å². The molecule has 0 aliphatic rings. The third-order valence-electron chi connectivity index (χ3n) is 1.03. The first-order valence-electron chi connectivity index (χ1n) is 2.70. The minimum absolute atomic E-state index is 0.0429. The Kier molecular flexibility index (Phi) is 1.71. The maximum absolute atomic E-state index is 5.70. The third-order valence-corrected chi connectivity index (χ3v) is 1.25. The standard InChI is InChI=1S/C5H8ClN3/c1-4(6)5-3-9(2)8-7-5/h3-4H,1-2H3. The van der Waals surface area contributed by atoms with Crippen LogP contribution in [0.1, 0.15) is 18.0 Å². The van der Waals surface area contributed by atoms with Crippen molar-refractivity contribution in [1.29, 1.82) is 0 Å². The zero-order valence-corrected chi connectivity index (χ0v) is 6.13. The summed E-state index contributed by atoms with van der Waals surface area (Å²) in [6.45, 7) is 1.87. The smallest absolute Gasteiger partial charge is 0.100 e. The summed E-state index contributed by atoms with van der Waals surface area (Å²) in [6, 6.07) is 0. The van der Waals surface area contributed by atoms with Gasteiger partial charge in [0.2, 0.25) is 0 Å². The average Bonchev–Trinajstić information content (AvgIpc) is 2.14. The normalized spacial score (nSPS) is 13.7. The van der Waals surface area contributed by atoms with E-state index in [4.69, 9.17) is 11.6 Å². The zero-order valence-electron chi connectivity index (χ0n) is 5.37. The summed E-state index contributed by atoms with van der Waals surface area (Å²) in [5.74, 6) is 0. The van der Waals surface area contributed by atoms with Crippen LogP contribution in [-0.4, -0.2) is 15.0 Å². The average molecular weight is 146 g/mol. The van der Waals surface area contributed by atoms with Crippen molar-refractivity contribution in [2.45, 2.75) is 12.3 Å². The molecular weight excluding hydrogens is 138 g/mol. The van der Waals surface area contributed by atoms with Crippen molar-refractivity contribution in [3.8, 4) is 0 Å². The summed E-state index contributed by atoms with van der Waals surface area (Å²) < 4.78 is 1.63. The first-order chi connectivity index (χ1) is 4.20. The largest absolute Gasteiger partial charge is 0.255 e. The molecule has 4 heteroatoms. The van der Waals surface area contributed by atoms with E-state index in [1.807, 2.05) is 14.0 Å². The van der Waals surface area contributed by atoms with E-state index in [1.165, 1.54) is 0 Å². The predicted molar refractivity (Wildman–Crippen MR) is 35.3 cm³/mol. The summed E-state index contributed by atoms with van der Waals surface area (Å²) in [6.07, 6.45) is 1.80. The highest BCUT2D eigenvalue weighted by Gasteiger charge is 2.03. The fourth-order valence-electron chi connectivity index (χ4n) is 0.548. The SMILES string of the molecule is CC(Cl)c1cn(C)nn1. The highest BCUT2D eigenvalue weighted by Crippen LogP contribution is 2.14. The van der Waals surface area contributed by atoms with Crippen molar-refractivity contribution in [1.82, 2.24) is 15.0 Å². The van der Waals surface area contributed by atoms with E-state index >= 15 is 0 Å². The van der Waals surface area contributed by atoms with Gasteiger partial charge < -0.3 is 0 Å². The number of aromatic nitrogens is 3. The molecule has 0 spiro atoms.